The van der Waals surface area contributed by atoms with E-state index in [2.05, 4.69) is 20.7 Å². The monoisotopic (exact) mass is 459 g/mol. The Kier molecular flexibility index (Phi) is 5.40. The van der Waals surface area contributed by atoms with Crippen molar-refractivity contribution in [1.82, 2.24) is 14.8 Å². The number of rotatable bonds is 4. The molecule has 0 spiro atoms. The first-order valence-electron chi connectivity index (χ1n) is 10.3. The van der Waals surface area contributed by atoms with Crippen LogP contribution in [0.25, 0.3) is 5.70 Å². The zero-order chi connectivity index (χ0) is 22.9. The molecule has 1 atom stereocenters. The average molecular weight is 460 g/mol. The fourth-order valence-electron chi connectivity index (χ4n) is 3.70. The number of hydrogen-bond acceptors (Lipinski definition) is 4. The van der Waals surface area contributed by atoms with Crippen molar-refractivity contribution in [2.75, 3.05) is 10.6 Å². The lowest BCUT2D eigenvalue weighted by atomic mass is 10.0. The lowest BCUT2D eigenvalue weighted by molar-refractivity contribution is 0.102. The lowest BCUT2D eigenvalue weighted by Gasteiger charge is -2.24. The zero-order valence-electron chi connectivity index (χ0n) is 17.6. The van der Waals surface area contributed by atoms with Gasteiger partial charge in [0.1, 0.15) is 11.9 Å². The number of carbonyl (C=O) groups is 1. The van der Waals surface area contributed by atoms with Gasteiger partial charge in [0.05, 0.1) is 0 Å². The van der Waals surface area contributed by atoms with E-state index >= 15 is 0 Å². The average Bonchev–Trinajstić information content (AvgIpc) is 3.22. The molecule has 0 saturated heterocycles. The van der Waals surface area contributed by atoms with Crippen LogP contribution < -0.4 is 10.6 Å². The van der Waals surface area contributed by atoms with Crippen LogP contribution in [0.2, 0.25) is 5.02 Å². The van der Waals surface area contributed by atoms with E-state index in [0.29, 0.717) is 16.5 Å². The minimum Gasteiger partial charge on any atom is -0.324 e. The summed E-state index contributed by atoms with van der Waals surface area (Å²) in [5, 5.41) is 11.2. The van der Waals surface area contributed by atoms with Gasteiger partial charge in [-0.2, -0.15) is 4.98 Å². The van der Waals surface area contributed by atoms with Crippen molar-refractivity contribution >= 4 is 35.1 Å². The normalized spacial score (nSPS) is 14.8. The highest BCUT2D eigenvalue weighted by molar-refractivity contribution is 6.30. The third-order valence-corrected chi connectivity index (χ3v) is 5.59. The summed E-state index contributed by atoms with van der Waals surface area (Å²) < 4.78 is 15.2. The summed E-state index contributed by atoms with van der Waals surface area (Å²) in [5.41, 5.74) is 4.04. The minimum absolute atomic E-state index is 0.168. The lowest BCUT2D eigenvalue weighted by Crippen LogP contribution is -2.20. The molecular weight excluding hydrogens is 441 g/mol. The molecule has 1 aromatic heterocycles. The van der Waals surface area contributed by atoms with Crippen molar-refractivity contribution in [3.63, 3.8) is 0 Å². The Morgan fingerprint density at radius 1 is 1.09 bits per heavy atom. The fraction of sp³-hybridized carbons (Fsp3) is 0.0800. The number of nitrogens with one attached hydrogen (secondary N) is 2. The molecule has 0 radical (unpaired) electrons. The maximum atomic E-state index is 13.5. The van der Waals surface area contributed by atoms with Crippen molar-refractivity contribution < 1.29 is 9.18 Å². The maximum absolute atomic E-state index is 13.5. The highest BCUT2D eigenvalue weighted by atomic mass is 35.5. The van der Waals surface area contributed by atoms with E-state index in [-0.39, 0.29) is 23.7 Å². The number of anilines is 2. The number of carbonyl (C=O) groups excluding carboxylic acids is 1. The summed E-state index contributed by atoms with van der Waals surface area (Å²) >= 11 is 6.04. The first-order chi connectivity index (χ1) is 16.0. The van der Waals surface area contributed by atoms with Crippen molar-refractivity contribution in [3.05, 3.63) is 112 Å². The number of allylic oxidation sites excluding steroid dienone is 1. The van der Waals surface area contributed by atoms with Crippen molar-refractivity contribution in [2.45, 2.75) is 13.0 Å². The van der Waals surface area contributed by atoms with Crippen LogP contribution in [0.1, 0.15) is 33.1 Å². The molecule has 2 heterocycles. The number of aromatic nitrogens is 3. The number of hydrogen-bond donors (Lipinski definition) is 2. The minimum atomic E-state index is -0.357. The van der Waals surface area contributed by atoms with E-state index in [1.54, 1.807) is 41.1 Å². The third-order valence-electron chi connectivity index (χ3n) is 5.34. The van der Waals surface area contributed by atoms with Crippen LogP contribution in [0, 0.1) is 12.7 Å². The van der Waals surface area contributed by atoms with Gasteiger partial charge in [-0.1, -0.05) is 53.6 Å². The molecule has 33 heavy (non-hydrogen) atoms. The molecule has 5 rings (SSSR count). The number of halogens is 2. The predicted octanol–water partition coefficient (Wildman–Crippen LogP) is 5.69. The maximum Gasteiger partial charge on any atom is 0.258 e. The fourth-order valence-corrected chi connectivity index (χ4v) is 3.83. The Labute approximate surface area is 194 Å². The first kappa shape index (κ1) is 20.9. The number of fused-ring (bicyclic) bond motifs is 1. The van der Waals surface area contributed by atoms with Gasteiger partial charge in [-0.3, -0.25) is 10.1 Å². The van der Waals surface area contributed by atoms with Gasteiger partial charge in [0.2, 0.25) is 5.95 Å². The zero-order valence-corrected chi connectivity index (χ0v) is 18.3. The molecule has 1 aliphatic rings. The van der Waals surface area contributed by atoms with Gasteiger partial charge >= 0.3 is 0 Å². The smallest absolute Gasteiger partial charge is 0.258 e. The molecule has 0 fully saturated rings. The summed E-state index contributed by atoms with van der Waals surface area (Å²) in [6.07, 6.45) is 1.98. The second-order valence-corrected chi connectivity index (χ2v) is 8.17. The van der Waals surface area contributed by atoms with E-state index in [1.165, 1.54) is 12.1 Å². The number of amides is 1. The molecule has 0 aliphatic carbocycles. The summed E-state index contributed by atoms with van der Waals surface area (Å²) in [4.78, 5) is 17.2. The van der Waals surface area contributed by atoms with E-state index in [4.69, 9.17) is 11.6 Å². The van der Waals surface area contributed by atoms with Crippen molar-refractivity contribution in [3.8, 4) is 0 Å². The molecule has 3 aromatic carbocycles. The first-order valence-corrected chi connectivity index (χ1v) is 10.7. The summed E-state index contributed by atoms with van der Waals surface area (Å²) in [6.45, 7) is 1.92. The summed E-state index contributed by atoms with van der Waals surface area (Å²) in [7, 11) is 0. The van der Waals surface area contributed by atoms with E-state index < -0.39 is 0 Å². The topological polar surface area (TPSA) is 71.8 Å². The van der Waals surface area contributed by atoms with E-state index in [1.807, 2.05) is 37.3 Å². The second-order valence-electron chi connectivity index (χ2n) is 7.74. The van der Waals surface area contributed by atoms with Gasteiger partial charge in [-0.05, 0) is 60.5 Å². The number of benzene rings is 3. The van der Waals surface area contributed by atoms with Gasteiger partial charge in [-0.25, -0.2) is 9.07 Å². The molecule has 6 nitrogen and oxygen atoms in total. The van der Waals surface area contributed by atoms with Gasteiger partial charge in [0, 0.05) is 16.3 Å². The van der Waals surface area contributed by atoms with Crippen LogP contribution >= 0.6 is 11.6 Å². The molecule has 0 saturated carbocycles. The van der Waals surface area contributed by atoms with E-state index in [9.17, 15) is 9.18 Å². The predicted molar refractivity (Wildman–Crippen MR) is 127 cm³/mol. The van der Waals surface area contributed by atoms with Gasteiger partial charge < -0.3 is 5.32 Å². The Balaban J connectivity index is 1.51. The SMILES string of the molecule is Cc1cccc(C(=O)Nc2nc3n(n2)[C@H](c2ccc(F)cc2)C=C(c2ccc(Cl)cc2)N3)c1. The summed E-state index contributed by atoms with van der Waals surface area (Å²) in [6, 6.07) is 20.6. The molecule has 164 valence electrons. The van der Waals surface area contributed by atoms with E-state index in [0.717, 1.165) is 22.4 Å². The van der Waals surface area contributed by atoms with Crippen LogP contribution in [-0.4, -0.2) is 20.7 Å². The molecule has 0 bridgehead atoms. The Morgan fingerprint density at radius 3 is 2.58 bits per heavy atom. The Bertz CT molecular complexity index is 1360. The molecule has 2 N–H and O–H groups in total. The molecule has 1 amide bonds. The number of nitrogens with zero attached hydrogens (tertiary/aromatic N) is 3. The Hall–Kier alpha value is -3.97. The number of aryl methyl sites for hydroxylation is 1. The molecule has 4 aromatic rings. The van der Waals surface area contributed by atoms with Gasteiger partial charge in [0.25, 0.3) is 11.9 Å². The van der Waals surface area contributed by atoms with Crippen molar-refractivity contribution in [2.24, 2.45) is 0 Å². The van der Waals surface area contributed by atoms with Crippen LogP contribution in [-0.2, 0) is 0 Å². The molecule has 1 aliphatic heterocycles. The van der Waals surface area contributed by atoms with Crippen LogP contribution in [0.5, 0.6) is 0 Å². The molecular formula is C25H19ClFN5O. The standard InChI is InChI=1S/C25H19ClFN5O/c1-15-3-2-4-18(13-15)23(33)29-24-30-25-28-21(16-5-9-19(26)10-6-16)14-22(32(25)31-24)17-7-11-20(27)12-8-17/h2-14,22H,1H3,(H2,28,29,30,31,33)/t22-/m0/s1. The van der Waals surface area contributed by atoms with Crippen LogP contribution in [0.4, 0.5) is 16.3 Å². The van der Waals surface area contributed by atoms with Crippen LogP contribution in [0.3, 0.4) is 0 Å². The Morgan fingerprint density at radius 2 is 1.85 bits per heavy atom. The third kappa shape index (κ3) is 4.36. The molecule has 0 unspecified atom stereocenters. The van der Waals surface area contributed by atoms with Crippen LogP contribution in [0.15, 0.2) is 78.9 Å². The largest absolute Gasteiger partial charge is 0.324 e. The quantitative estimate of drug-likeness (QED) is 0.411. The highest BCUT2D eigenvalue weighted by Gasteiger charge is 2.26. The summed E-state index contributed by atoms with van der Waals surface area (Å²) in [5.74, 6) is 0.00330. The van der Waals surface area contributed by atoms with Gasteiger partial charge in [-0.15, -0.1) is 5.10 Å². The molecule has 8 heteroatoms. The second kappa shape index (κ2) is 8.52. The van der Waals surface area contributed by atoms with Crippen molar-refractivity contribution in [1.29, 1.82) is 0 Å². The van der Waals surface area contributed by atoms with Gasteiger partial charge in [0.15, 0.2) is 0 Å². The highest BCUT2D eigenvalue weighted by Crippen LogP contribution is 2.33.